The van der Waals surface area contributed by atoms with E-state index in [1.807, 2.05) is 0 Å². The van der Waals surface area contributed by atoms with Crippen molar-refractivity contribution in [3.05, 3.63) is 42.0 Å². The Balaban J connectivity index is 1.48. The van der Waals surface area contributed by atoms with Crippen molar-refractivity contribution in [2.75, 3.05) is 27.1 Å². The highest BCUT2D eigenvalue weighted by molar-refractivity contribution is 5.89. The SMILES string of the molecule is COc1cc(/C=C/C(=O)Oc2ccc3c(c2)OCO3)cc2c1OCCO2. The zero-order chi connectivity index (χ0) is 17.9. The van der Waals surface area contributed by atoms with Crippen LogP contribution in [0.5, 0.6) is 34.5 Å². The predicted octanol–water partition coefficient (Wildman–Crippen LogP) is 2.81. The van der Waals surface area contributed by atoms with Crippen molar-refractivity contribution < 1.29 is 33.2 Å². The van der Waals surface area contributed by atoms with E-state index in [4.69, 9.17) is 28.4 Å². The smallest absolute Gasteiger partial charge is 0.336 e. The monoisotopic (exact) mass is 356 g/mol. The number of hydrogen-bond donors (Lipinski definition) is 0. The van der Waals surface area contributed by atoms with E-state index in [1.165, 1.54) is 6.08 Å². The standard InChI is InChI=1S/C19H16O7/c1-21-16-8-12(9-17-19(16)23-7-6-22-17)2-5-18(20)26-13-3-4-14-15(10-13)25-11-24-14/h2-5,8-10H,6-7,11H2,1H3/b5-2+. The second-order valence-corrected chi connectivity index (χ2v) is 5.52. The first-order valence-electron chi connectivity index (χ1n) is 8.00. The average molecular weight is 356 g/mol. The molecule has 0 fully saturated rings. The number of hydrogen-bond acceptors (Lipinski definition) is 7. The maximum Gasteiger partial charge on any atom is 0.336 e. The van der Waals surface area contributed by atoms with Crippen LogP contribution in [0.3, 0.4) is 0 Å². The summed E-state index contributed by atoms with van der Waals surface area (Å²) in [6.07, 6.45) is 2.95. The molecular weight excluding hydrogens is 340 g/mol. The first-order chi connectivity index (χ1) is 12.7. The quantitative estimate of drug-likeness (QED) is 0.474. The van der Waals surface area contributed by atoms with Gasteiger partial charge >= 0.3 is 5.97 Å². The van der Waals surface area contributed by atoms with E-state index in [0.29, 0.717) is 47.7 Å². The van der Waals surface area contributed by atoms with Gasteiger partial charge in [0.05, 0.1) is 7.11 Å². The first kappa shape index (κ1) is 16.1. The van der Waals surface area contributed by atoms with Gasteiger partial charge in [0.1, 0.15) is 19.0 Å². The second kappa shape index (κ2) is 6.87. The van der Waals surface area contributed by atoms with Crippen LogP contribution in [-0.4, -0.2) is 33.1 Å². The number of carbonyl (C=O) groups excluding carboxylic acids is 1. The minimum Gasteiger partial charge on any atom is -0.493 e. The molecule has 0 radical (unpaired) electrons. The summed E-state index contributed by atoms with van der Waals surface area (Å²) in [4.78, 5) is 12.1. The van der Waals surface area contributed by atoms with Crippen molar-refractivity contribution in [1.82, 2.24) is 0 Å². The third-order valence-electron chi connectivity index (χ3n) is 3.82. The average Bonchev–Trinajstić information content (AvgIpc) is 3.13. The molecular formula is C19H16O7. The number of rotatable bonds is 4. The molecule has 2 aliphatic heterocycles. The van der Waals surface area contributed by atoms with Crippen LogP contribution in [0.2, 0.25) is 0 Å². The molecule has 2 heterocycles. The van der Waals surface area contributed by atoms with E-state index in [0.717, 1.165) is 5.56 Å². The van der Waals surface area contributed by atoms with Crippen LogP contribution in [0.1, 0.15) is 5.56 Å². The summed E-state index contributed by atoms with van der Waals surface area (Å²) < 4.78 is 32.2. The third-order valence-corrected chi connectivity index (χ3v) is 3.82. The molecule has 134 valence electrons. The summed E-state index contributed by atoms with van der Waals surface area (Å²) in [5, 5.41) is 0. The van der Waals surface area contributed by atoms with Gasteiger partial charge in [0.2, 0.25) is 12.5 Å². The Labute approximate surface area is 149 Å². The van der Waals surface area contributed by atoms with Crippen LogP contribution < -0.4 is 28.4 Å². The highest BCUT2D eigenvalue weighted by Gasteiger charge is 2.18. The summed E-state index contributed by atoms with van der Waals surface area (Å²) in [5.41, 5.74) is 0.730. The molecule has 0 amide bonds. The Morgan fingerprint density at radius 3 is 2.73 bits per heavy atom. The minimum absolute atomic E-state index is 0.165. The molecule has 2 aliphatic rings. The van der Waals surface area contributed by atoms with Gasteiger partial charge in [-0.05, 0) is 35.9 Å². The van der Waals surface area contributed by atoms with Crippen molar-refractivity contribution in [1.29, 1.82) is 0 Å². The fourth-order valence-corrected chi connectivity index (χ4v) is 2.64. The highest BCUT2D eigenvalue weighted by atomic mass is 16.7. The lowest BCUT2D eigenvalue weighted by Crippen LogP contribution is -2.16. The largest absolute Gasteiger partial charge is 0.493 e. The Bertz CT molecular complexity index is 855. The van der Waals surface area contributed by atoms with Gasteiger partial charge < -0.3 is 28.4 Å². The number of esters is 1. The lowest BCUT2D eigenvalue weighted by Gasteiger charge is -2.20. The molecule has 0 unspecified atom stereocenters. The summed E-state index contributed by atoms with van der Waals surface area (Å²) in [5.74, 6) is 2.74. The van der Waals surface area contributed by atoms with E-state index >= 15 is 0 Å². The predicted molar refractivity (Wildman–Crippen MR) is 91.2 cm³/mol. The Morgan fingerprint density at radius 1 is 1.00 bits per heavy atom. The molecule has 0 saturated heterocycles. The molecule has 0 spiro atoms. The minimum atomic E-state index is -0.516. The van der Waals surface area contributed by atoms with Crippen molar-refractivity contribution in [3.8, 4) is 34.5 Å². The van der Waals surface area contributed by atoms with Gasteiger partial charge in [0, 0.05) is 12.1 Å². The molecule has 7 nitrogen and oxygen atoms in total. The van der Waals surface area contributed by atoms with Gasteiger partial charge in [-0.25, -0.2) is 4.79 Å². The Morgan fingerprint density at radius 2 is 1.85 bits per heavy atom. The lowest BCUT2D eigenvalue weighted by atomic mass is 10.1. The van der Waals surface area contributed by atoms with Gasteiger partial charge in [0.15, 0.2) is 23.0 Å². The Kier molecular flexibility index (Phi) is 4.27. The molecule has 0 saturated carbocycles. The number of ether oxygens (including phenoxy) is 6. The second-order valence-electron chi connectivity index (χ2n) is 5.52. The number of methoxy groups -OCH3 is 1. The van der Waals surface area contributed by atoms with Crippen LogP contribution in [-0.2, 0) is 4.79 Å². The van der Waals surface area contributed by atoms with Gasteiger partial charge in [-0.2, -0.15) is 0 Å². The fourth-order valence-electron chi connectivity index (χ4n) is 2.64. The van der Waals surface area contributed by atoms with Gasteiger partial charge in [0.25, 0.3) is 0 Å². The van der Waals surface area contributed by atoms with Crippen molar-refractivity contribution in [3.63, 3.8) is 0 Å². The van der Waals surface area contributed by atoms with Crippen LogP contribution in [0, 0.1) is 0 Å². The number of benzene rings is 2. The van der Waals surface area contributed by atoms with E-state index in [1.54, 1.807) is 43.5 Å². The number of carbonyl (C=O) groups is 1. The van der Waals surface area contributed by atoms with E-state index in [-0.39, 0.29) is 6.79 Å². The molecule has 2 aromatic rings. The topological polar surface area (TPSA) is 72.5 Å². The van der Waals surface area contributed by atoms with Crippen LogP contribution >= 0.6 is 0 Å². The summed E-state index contributed by atoms with van der Waals surface area (Å²) in [7, 11) is 1.55. The molecule has 2 aromatic carbocycles. The van der Waals surface area contributed by atoms with E-state index in [2.05, 4.69) is 0 Å². The summed E-state index contributed by atoms with van der Waals surface area (Å²) >= 11 is 0. The third kappa shape index (κ3) is 3.23. The van der Waals surface area contributed by atoms with Crippen molar-refractivity contribution >= 4 is 12.0 Å². The molecule has 0 atom stereocenters. The van der Waals surface area contributed by atoms with E-state index in [9.17, 15) is 4.79 Å². The molecule has 0 bridgehead atoms. The number of fused-ring (bicyclic) bond motifs is 2. The summed E-state index contributed by atoms with van der Waals surface area (Å²) in [6.45, 7) is 1.11. The molecule has 0 aromatic heterocycles. The van der Waals surface area contributed by atoms with Crippen molar-refractivity contribution in [2.45, 2.75) is 0 Å². The molecule has 7 heteroatoms. The van der Waals surface area contributed by atoms with Gasteiger partial charge in [-0.1, -0.05) is 0 Å². The Hall–Kier alpha value is -3.35. The molecule has 4 rings (SSSR count). The molecule has 26 heavy (non-hydrogen) atoms. The maximum absolute atomic E-state index is 12.1. The zero-order valence-corrected chi connectivity index (χ0v) is 14.0. The van der Waals surface area contributed by atoms with Crippen molar-refractivity contribution in [2.24, 2.45) is 0 Å². The van der Waals surface area contributed by atoms with Crippen LogP contribution in [0.25, 0.3) is 6.08 Å². The zero-order valence-electron chi connectivity index (χ0n) is 14.0. The first-order valence-corrected chi connectivity index (χ1v) is 8.00. The van der Waals surface area contributed by atoms with Crippen LogP contribution in [0.15, 0.2) is 36.4 Å². The molecule has 0 N–H and O–H groups in total. The normalized spacial score (nSPS) is 14.3. The fraction of sp³-hybridized carbons (Fsp3) is 0.211. The highest BCUT2D eigenvalue weighted by Crippen LogP contribution is 2.40. The van der Waals surface area contributed by atoms with Gasteiger partial charge in [-0.3, -0.25) is 0 Å². The lowest BCUT2D eigenvalue weighted by molar-refractivity contribution is -0.128. The van der Waals surface area contributed by atoms with Gasteiger partial charge in [-0.15, -0.1) is 0 Å². The van der Waals surface area contributed by atoms with Crippen LogP contribution in [0.4, 0.5) is 0 Å². The maximum atomic E-state index is 12.1. The molecule has 0 aliphatic carbocycles. The van der Waals surface area contributed by atoms with E-state index < -0.39 is 5.97 Å². The summed E-state index contributed by atoms with van der Waals surface area (Å²) in [6, 6.07) is 8.49.